The van der Waals surface area contributed by atoms with Crippen molar-refractivity contribution in [2.75, 3.05) is 11.4 Å². The second-order valence-corrected chi connectivity index (χ2v) is 5.10. The van der Waals surface area contributed by atoms with Crippen LogP contribution in [-0.4, -0.2) is 23.4 Å². The van der Waals surface area contributed by atoms with Gasteiger partial charge >= 0.3 is 0 Å². The van der Waals surface area contributed by atoms with Gasteiger partial charge in [-0.15, -0.1) is 0 Å². The molecule has 7 heteroatoms. The summed E-state index contributed by atoms with van der Waals surface area (Å²) in [6, 6.07) is 4.53. The highest BCUT2D eigenvalue weighted by atomic mass is 127. The Morgan fingerprint density at radius 3 is 2.76 bits per heavy atom. The molecule has 0 saturated carbocycles. The fourth-order valence-electron chi connectivity index (χ4n) is 1.84. The Morgan fingerprint density at radius 1 is 1.53 bits per heavy atom. The maximum atomic E-state index is 11.7. The normalized spacial score (nSPS) is 19.8. The van der Waals surface area contributed by atoms with Crippen LogP contribution in [0.25, 0.3) is 0 Å². The molecule has 1 atom stereocenters. The number of carbonyl (C=O) groups excluding carboxylic acids is 1. The summed E-state index contributed by atoms with van der Waals surface area (Å²) in [4.78, 5) is 23.5. The van der Waals surface area contributed by atoms with Gasteiger partial charge in [-0.3, -0.25) is 14.9 Å². The zero-order valence-electron chi connectivity index (χ0n) is 8.80. The number of nitrogens with two attached hydrogens (primary N) is 1. The Bertz CT molecular complexity index is 492. The van der Waals surface area contributed by atoms with Gasteiger partial charge in [-0.05, 0) is 34.7 Å². The minimum absolute atomic E-state index is 0.0562. The third kappa shape index (κ3) is 2.39. The zero-order chi connectivity index (χ0) is 12.6. The van der Waals surface area contributed by atoms with E-state index in [1.54, 1.807) is 12.1 Å². The number of carbonyl (C=O) groups is 1. The molecule has 1 aromatic rings. The maximum Gasteiger partial charge on any atom is 0.294 e. The van der Waals surface area contributed by atoms with Gasteiger partial charge in [-0.2, -0.15) is 0 Å². The van der Waals surface area contributed by atoms with Crippen molar-refractivity contribution in [3.05, 3.63) is 31.9 Å². The summed E-state index contributed by atoms with van der Waals surface area (Å²) >= 11 is 2.00. The van der Waals surface area contributed by atoms with Crippen LogP contribution in [0.5, 0.6) is 0 Å². The van der Waals surface area contributed by atoms with Gasteiger partial charge in [0.15, 0.2) is 0 Å². The van der Waals surface area contributed by atoms with Crippen LogP contribution in [0.1, 0.15) is 6.42 Å². The number of amides is 1. The van der Waals surface area contributed by atoms with Crippen LogP contribution in [0.2, 0.25) is 0 Å². The number of anilines is 1. The molecule has 90 valence electrons. The van der Waals surface area contributed by atoms with Crippen LogP contribution in [0.4, 0.5) is 11.4 Å². The van der Waals surface area contributed by atoms with E-state index >= 15 is 0 Å². The number of hydrogen-bond acceptors (Lipinski definition) is 4. The number of benzene rings is 1. The summed E-state index contributed by atoms with van der Waals surface area (Å²) in [6.45, 7) is 0.334. The molecule has 2 N–H and O–H groups in total. The number of rotatable bonds is 2. The van der Waals surface area contributed by atoms with Gasteiger partial charge in [0.2, 0.25) is 5.91 Å². The summed E-state index contributed by atoms with van der Waals surface area (Å²) in [5, 5.41) is 11.0. The van der Waals surface area contributed by atoms with Crippen molar-refractivity contribution >= 4 is 39.9 Å². The molecule has 2 rings (SSSR count). The van der Waals surface area contributed by atoms with Crippen LogP contribution in [0.3, 0.4) is 0 Å². The van der Waals surface area contributed by atoms with Crippen molar-refractivity contribution in [2.45, 2.75) is 12.5 Å². The molecule has 1 unspecified atom stereocenters. The standard InChI is InChI=1S/C10H10IN3O3/c11-6-1-2-8(9(3-6)14(16)17)13-5-7(12)4-10(13)15/h1-3,7H,4-5,12H2. The van der Waals surface area contributed by atoms with Crippen LogP contribution >= 0.6 is 22.6 Å². The summed E-state index contributed by atoms with van der Waals surface area (Å²) in [5.74, 6) is -0.165. The van der Waals surface area contributed by atoms with Gasteiger partial charge in [0.1, 0.15) is 5.69 Å². The Balaban J connectivity index is 2.45. The number of halogens is 1. The van der Waals surface area contributed by atoms with Gasteiger partial charge in [0, 0.05) is 28.6 Å². The van der Waals surface area contributed by atoms with Gasteiger partial charge in [-0.25, -0.2) is 0 Å². The predicted molar refractivity (Wildman–Crippen MR) is 70.8 cm³/mol. The third-order valence-electron chi connectivity index (χ3n) is 2.58. The van der Waals surface area contributed by atoms with Crippen molar-refractivity contribution < 1.29 is 9.72 Å². The number of nitro groups is 1. The van der Waals surface area contributed by atoms with E-state index in [-0.39, 0.29) is 24.1 Å². The third-order valence-corrected chi connectivity index (χ3v) is 3.25. The van der Waals surface area contributed by atoms with E-state index in [1.807, 2.05) is 22.6 Å². The molecule has 1 amide bonds. The molecule has 0 spiro atoms. The lowest BCUT2D eigenvalue weighted by Gasteiger charge is -2.16. The largest absolute Gasteiger partial charge is 0.326 e. The number of nitro benzene ring substituents is 1. The Hall–Kier alpha value is -1.22. The van der Waals surface area contributed by atoms with E-state index in [0.717, 1.165) is 3.57 Å². The van der Waals surface area contributed by atoms with E-state index in [1.165, 1.54) is 11.0 Å². The van der Waals surface area contributed by atoms with Crippen molar-refractivity contribution in [2.24, 2.45) is 5.73 Å². The second-order valence-electron chi connectivity index (χ2n) is 3.86. The van der Waals surface area contributed by atoms with Crippen molar-refractivity contribution in [3.63, 3.8) is 0 Å². The minimum Gasteiger partial charge on any atom is -0.326 e. The second kappa shape index (κ2) is 4.57. The van der Waals surface area contributed by atoms with Crippen LogP contribution < -0.4 is 10.6 Å². The predicted octanol–water partition coefficient (Wildman–Crippen LogP) is 1.26. The lowest BCUT2D eigenvalue weighted by Crippen LogP contribution is -2.28. The highest BCUT2D eigenvalue weighted by Gasteiger charge is 2.32. The van der Waals surface area contributed by atoms with Crippen LogP contribution in [0, 0.1) is 13.7 Å². The summed E-state index contributed by atoms with van der Waals surface area (Å²) in [6.07, 6.45) is 0.239. The molecular formula is C10H10IN3O3. The highest BCUT2D eigenvalue weighted by molar-refractivity contribution is 14.1. The Labute approximate surface area is 111 Å². The van der Waals surface area contributed by atoms with Crippen LogP contribution in [0.15, 0.2) is 18.2 Å². The average Bonchev–Trinajstić information content (AvgIpc) is 2.57. The lowest BCUT2D eigenvalue weighted by atomic mass is 10.2. The smallest absolute Gasteiger partial charge is 0.294 e. The molecule has 0 bridgehead atoms. The summed E-state index contributed by atoms with van der Waals surface area (Å²) in [5.41, 5.74) is 5.95. The van der Waals surface area contributed by atoms with E-state index in [4.69, 9.17) is 5.73 Å². The first-order chi connectivity index (χ1) is 7.99. The molecular weight excluding hydrogens is 337 g/mol. The molecule has 1 aromatic carbocycles. The Kier molecular flexibility index (Phi) is 3.29. The van der Waals surface area contributed by atoms with E-state index < -0.39 is 4.92 Å². The fraction of sp³-hybridized carbons (Fsp3) is 0.300. The van der Waals surface area contributed by atoms with Crippen molar-refractivity contribution in [1.82, 2.24) is 0 Å². The average molecular weight is 347 g/mol. The fourth-order valence-corrected chi connectivity index (χ4v) is 2.31. The van der Waals surface area contributed by atoms with Crippen molar-refractivity contribution in [1.29, 1.82) is 0 Å². The molecule has 1 fully saturated rings. The monoisotopic (exact) mass is 347 g/mol. The Morgan fingerprint density at radius 2 is 2.24 bits per heavy atom. The summed E-state index contributed by atoms with van der Waals surface area (Å²) < 4.78 is 0.758. The minimum atomic E-state index is -0.478. The molecule has 1 aliphatic heterocycles. The summed E-state index contributed by atoms with van der Waals surface area (Å²) in [7, 11) is 0. The molecule has 0 radical (unpaired) electrons. The van der Waals surface area contributed by atoms with Gasteiger partial charge in [-0.1, -0.05) is 0 Å². The van der Waals surface area contributed by atoms with E-state index in [9.17, 15) is 14.9 Å². The lowest BCUT2D eigenvalue weighted by molar-refractivity contribution is -0.384. The molecule has 1 aliphatic rings. The van der Waals surface area contributed by atoms with E-state index in [2.05, 4.69) is 0 Å². The SMILES string of the molecule is NC1CC(=O)N(c2ccc(I)cc2[N+](=O)[O-])C1. The quantitative estimate of drug-likeness (QED) is 0.496. The highest BCUT2D eigenvalue weighted by Crippen LogP contribution is 2.32. The van der Waals surface area contributed by atoms with Crippen molar-refractivity contribution in [3.8, 4) is 0 Å². The topological polar surface area (TPSA) is 89.5 Å². The first kappa shape index (κ1) is 12.2. The molecule has 0 aromatic heterocycles. The van der Waals surface area contributed by atoms with Gasteiger partial charge in [0.05, 0.1) is 4.92 Å². The maximum absolute atomic E-state index is 11.7. The molecule has 17 heavy (non-hydrogen) atoms. The molecule has 0 aliphatic carbocycles. The number of hydrogen-bond donors (Lipinski definition) is 1. The zero-order valence-corrected chi connectivity index (χ0v) is 11.0. The van der Waals surface area contributed by atoms with E-state index in [0.29, 0.717) is 12.2 Å². The molecule has 1 heterocycles. The molecule has 1 saturated heterocycles. The first-order valence-corrected chi connectivity index (χ1v) is 6.07. The number of nitrogens with zero attached hydrogens (tertiary/aromatic N) is 2. The van der Waals surface area contributed by atoms with Gasteiger partial charge in [0.25, 0.3) is 5.69 Å². The first-order valence-electron chi connectivity index (χ1n) is 4.99. The van der Waals surface area contributed by atoms with Gasteiger partial charge < -0.3 is 10.6 Å². The van der Waals surface area contributed by atoms with Crippen LogP contribution in [-0.2, 0) is 4.79 Å². The molecule has 6 nitrogen and oxygen atoms in total.